The Bertz CT molecular complexity index is 454. The summed E-state index contributed by atoms with van der Waals surface area (Å²) in [5.74, 6) is 0.601. The van der Waals surface area contributed by atoms with E-state index in [1.807, 2.05) is 32.0 Å². The van der Waals surface area contributed by atoms with Gasteiger partial charge in [-0.05, 0) is 44.7 Å². The molecule has 1 aromatic rings. The van der Waals surface area contributed by atoms with E-state index in [1.165, 1.54) is 0 Å². The van der Waals surface area contributed by atoms with E-state index < -0.39 is 0 Å². The minimum Gasteiger partial charge on any atom is -0.385 e. The van der Waals surface area contributed by atoms with Crippen LogP contribution < -0.4 is 10.6 Å². The molecule has 0 bridgehead atoms. The highest BCUT2D eigenvalue weighted by Gasteiger charge is 2.16. The maximum Gasteiger partial charge on any atom is 0.253 e. The molecule has 1 aliphatic heterocycles. The summed E-state index contributed by atoms with van der Waals surface area (Å²) in [5, 5.41) is 6.25. The van der Waals surface area contributed by atoms with E-state index in [2.05, 4.69) is 10.6 Å². The quantitative estimate of drug-likeness (QED) is 0.839. The van der Waals surface area contributed by atoms with Gasteiger partial charge < -0.3 is 15.4 Å². The monoisotopic (exact) mass is 276 g/mol. The predicted octanol–water partition coefficient (Wildman–Crippen LogP) is 2.58. The van der Waals surface area contributed by atoms with Gasteiger partial charge >= 0.3 is 0 Å². The minimum atomic E-state index is 0.00330. The van der Waals surface area contributed by atoms with Crippen molar-refractivity contribution >= 4 is 11.6 Å². The standard InChI is InChI=1S/C16H24N2O2/c1-3-17-15-5-4-12(2)10-14(15)16(19)18-8-6-13-7-9-20-11-13/h4-5,10,13,17H,3,6-9,11H2,1-2H3,(H,18,19). The van der Waals surface area contributed by atoms with Gasteiger partial charge in [0, 0.05) is 32.0 Å². The topological polar surface area (TPSA) is 50.4 Å². The van der Waals surface area contributed by atoms with Crippen LogP contribution in [0.3, 0.4) is 0 Å². The number of aryl methyl sites for hydroxylation is 1. The zero-order valence-electron chi connectivity index (χ0n) is 12.4. The maximum atomic E-state index is 12.3. The average molecular weight is 276 g/mol. The van der Waals surface area contributed by atoms with Gasteiger partial charge in [0.15, 0.2) is 0 Å². The molecule has 1 heterocycles. The van der Waals surface area contributed by atoms with Crippen LogP contribution in [-0.4, -0.2) is 32.2 Å². The molecule has 0 aliphatic carbocycles. The Morgan fingerprint density at radius 1 is 1.45 bits per heavy atom. The molecule has 4 heteroatoms. The van der Waals surface area contributed by atoms with Gasteiger partial charge in [0.1, 0.15) is 0 Å². The first kappa shape index (κ1) is 14.9. The Labute approximate surface area is 120 Å². The summed E-state index contributed by atoms with van der Waals surface area (Å²) < 4.78 is 5.34. The van der Waals surface area contributed by atoms with Gasteiger partial charge in [-0.15, -0.1) is 0 Å². The second-order valence-electron chi connectivity index (χ2n) is 5.35. The number of rotatable bonds is 6. The summed E-state index contributed by atoms with van der Waals surface area (Å²) >= 11 is 0. The highest BCUT2D eigenvalue weighted by Crippen LogP contribution is 2.18. The van der Waals surface area contributed by atoms with E-state index in [0.717, 1.165) is 49.4 Å². The molecule has 110 valence electrons. The van der Waals surface area contributed by atoms with Crippen LogP contribution in [0.1, 0.15) is 35.7 Å². The molecule has 1 amide bonds. The van der Waals surface area contributed by atoms with Crippen LogP contribution in [0.2, 0.25) is 0 Å². The molecule has 1 aromatic carbocycles. The summed E-state index contributed by atoms with van der Waals surface area (Å²) in [6, 6.07) is 5.93. The van der Waals surface area contributed by atoms with Gasteiger partial charge in [-0.3, -0.25) is 4.79 Å². The molecule has 1 fully saturated rings. The molecule has 0 radical (unpaired) electrons. The van der Waals surface area contributed by atoms with Crippen molar-refractivity contribution in [2.45, 2.75) is 26.7 Å². The Morgan fingerprint density at radius 3 is 3.00 bits per heavy atom. The molecule has 2 rings (SSSR count). The highest BCUT2D eigenvalue weighted by molar-refractivity contribution is 5.99. The van der Waals surface area contributed by atoms with Gasteiger partial charge in [-0.1, -0.05) is 11.6 Å². The normalized spacial score (nSPS) is 18.0. The number of anilines is 1. The van der Waals surface area contributed by atoms with Gasteiger partial charge in [0.25, 0.3) is 5.91 Å². The van der Waals surface area contributed by atoms with Gasteiger partial charge in [-0.25, -0.2) is 0 Å². The lowest BCUT2D eigenvalue weighted by molar-refractivity contribution is 0.0951. The van der Waals surface area contributed by atoms with E-state index >= 15 is 0 Å². The van der Waals surface area contributed by atoms with Crippen molar-refractivity contribution in [2.75, 3.05) is 31.6 Å². The maximum absolute atomic E-state index is 12.3. The molecule has 0 spiro atoms. The molecular formula is C16H24N2O2. The Hall–Kier alpha value is -1.55. The molecule has 0 aromatic heterocycles. The summed E-state index contributed by atoms with van der Waals surface area (Å²) in [7, 11) is 0. The summed E-state index contributed by atoms with van der Waals surface area (Å²) in [6.45, 7) is 7.25. The number of carbonyl (C=O) groups excluding carboxylic acids is 1. The zero-order valence-corrected chi connectivity index (χ0v) is 12.4. The van der Waals surface area contributed by atoms with Crippen LogP contribution in [0.4, 0.5) is 5.69 Å². The van der Waals surface area contributed by atoms with Crippen LogP contribution in [-0.2, 0) is 4.74 Å². The van der Waals surface area contributed by atoms with Crippen molar-refractivity contribution in [3.8, 4) is 0 Å². The molecule has 4 nitrogen and oxygen atoms in total. The van der Waals surface area contributed by atoms with Crippen molar-refractivity contribution < 1.29 is 9.53 Å². The Kier molecular flexibility index (Phi) is 5.41. The first-order valence-electron chi connectivity index (χ1n) is 7.41. The van der Waals surface area contributed by atoms with E-state index in [1.54, 1.807) is 0 Å². The number of amides is 1. The number of carbonyl (C=O) groups is 1. The van der Waals surface area contributed by atoms with Crippen LogP contribution in [0.25, 0.3) is 0 Å². The first-order chi connectivity index (χ1) is 9.70. The highest BCUT2D eigenvalue weighted by atomic mass is 16.5. The minimum absolute atomic E-state index is 0.00330. The van der Waals surface area contributed by atoms with Crippen molar-refractivity contribution in [3.05, 3.63) is 29.3 Å². The second-order valence-corrected chi connectivity index (χ2v) is 5.35. The lowest BCUT2D eigenvalue weighted by Gasteiger charge is -2.13. The number of hydrogen-bond acceptors (Lipinski definition) is 3. The molecule has 1 atom stereocenters. The number of benzene rings is 1. The zero-order chi connectivity index (χ0) is 14.4. The van der Waals surface area contributed by atoms with Crippen LogP contribution >= 0.6 is 0 Å². The Morgan fingerprint density at radius 2 is 2.30 bits per heavy atom. The smallest absolute Gasteiger partial charge is 0.253 e. The number of hydrogen-bond donors (Lipinski definition) is 2. The van der Waals surface area contributed by atoms with Crippen LogP contribution in [0.5, 0.6) is 0 Å². The third-order valence-electron chi connectivity index (χ3n) is 3.65. The molecule has 20 heavy (non-hydrogen) atoms. The second kappa shape index (κ2) is 7.29. The molecule has 1 saturated heterocycles. The fourth-order valence-electron chi connectivity index (χ4n) is 2.49. The fraction of sp³-hybridized carbons (Fsp3) is 0.562. The molecule has 1 unspecified atom stereocenters. The van der Waals surface area contributed by atoms with E-state index in [9.17, 15) is 4.79 Å². The Balaban J connectivity index is 1.91. The van der Waals surface area contributed by atoms with E-state index in [-0.39, 0.29) is 5.91 Å². The van der Waals surface area contributed by atoms with Crippen LogP contribution in [0.15, 0.2) is 18.2 Å². The molecular weight excluding hydrogens is 252 g/mol. The number of ether oxygens (including phenoxy) is 1. The summed E-state index contributed by atoms with van der Waals surface area (Å²) in [4.78, 5) is 12.3. The van der Waals surface area contributed by atoms with Crippen molar-refractivity contribution in [1.29, 1.82) is 0 Å². The third kappa shape index (κ3) is 3.97. The fourth-order valence-corrected chi connectivity index (χ4v) is 2.49. The molecule has 2 N–H and O–H groups in total. The van der Waals surface area contributed by atoms with E-state index in [4.69, 9.17) is 4.74 Å². The molecule has 1 aliphatic rings. The van der Waals surface area contributed by atoms with Crippen molar-refractivity contribution in [2.24, 2.45) is 5.92 Å². The van der Waals surface area contributed by atoms with Crippen LogP contribution in [0, 0.1) is 12.8 Å². The lowest BCUT2D eigenvalue weighted by Crippen LogP contribution is -2.27. The van der Waals surface area contributed by atoms with Crippen molar-refractivity contribution in [1.82, 2.24) is 5.32 Å². The summed E-state index contributed by atoms with van der Waals surface area (Å²) in [6.07, 6.45) is 2.11. The first-order valence-corrected chi connectivity index (χ1v) is 7.41. The number of nitrogens with one attached hydrogen (secondary N) is 2. The van der Waals surface area contributed by atoms with Gasteiger partial charge in [-0.2, -0.15) is 0 Å². The predicted molar refractivity (Wildman–Crippen MR) is 81.2 cm³/mol. The largest absolute Gasteiger partial charge is 0.385 e. The van der Waals surface area contributed by atoms with Crippen molar-refractivity contribution in [3.63, 3.8) is 0 Å². The van der Waals surface area contributed by atoms with Gasteiger partial charge in [0.05, 0.1) is 5.56 Å². The lowest BCUT2D eigenvalue weighted by atomic mass is 10.0. The molecule has 0 saturated carbocycles. The van der Waals surface area contributed by atoms with E-state index in [0.29, 0.717) is 12.5 Å². The summed E-state index contributed by atoms with van der Waals surface area (Å²) in [5.41, 5.74) is 2.73. The van der Waals surface area contributed by atoms with Gasteiger partial charge in [0.2, 0.25) is 0 Å². The average Bonchev–Trinajstić information content (AvgIpc) is 2.94. The third-order valence-corrected chi connectivity index (χ3v) is 3.65. The SMILES string of the molecule is CCNc1ccc(C)cc1C(=O)NCCC1CCOC1.